The molecule has 6 nitrogen and oxygen atoms in total. The van der Waals surface area contributed by atoms with Crippen molar-refractivity contribution in [2.45, 2.75) is 45.6 Å². The summed E-state index contributed by atoms with van der Waals surface area (Å²) in [7, 11) is 2.22. The highest BCUT2D eigenvalue weighted by molar-refractivity contribution is 7.10. The standard InChI is InChI=1S/C20H35N5OS/c1-4-11-22-18(26)10-12-23-20(21-5-2)24-15-16-8-6-13-25(3)19(16)17-9-7-14-27-17/h7,9,14,16,19H,4-6,8,10-13,15H2,1-3H3,(H,22,26)(H2,21,23,24). The first-order valence-corrected chi connectivity index (χ1v) is 11.1. The lowest BCUT2D eigenvalue weighted by Crippen LogP contribution is -2.41. The van der Waals surface area contributed by atoms with E-state index in [0.717, 1.165) is 38.6 Å². The zero-order chi connectivity index (χ0) is 19.5. The Morgan fingerprint density at radius 2 is 2.15 bits per heavy atom. The predicted molar refractivity (Wildman–Crippen MR) is 114 cm³/mol. The molecule has 1 fully saturated rings. The van der Waals surface area contributed by atoms with Gasteiger partial charge in [0.25, 0.3) is 0 Å². The molecule has 0 aromatic carbocycles. The van der Waals surface area contributed by atoms with Crippen LogP contribution in [0.1, 0.15) is 50.4 Å². The van der Waals surface area contributed by atoms with Crippen molar-refractivity contribution in [3.05, 3.63) is 22.4 Å². The molecule has 0 spiro atoms. The number of aliphatic imine (C=N–C) groups is 1. The van der Waals surface area contributed by atoms with E-state index in [9.17, 15) is 4.79 Å². The van der Waals surface area contributed by atoms with Crippen LogP contribution in [0.4, 0.5) is 0 Å². The van der Waals surface area contributed by atoms with Crippen molar-refractivity contribution in [3.8, 4) is 0 Å². The van der Waals surface area contributed by atoms with Gasteiger partial charge in [0, 0.05) is 43.5 Å². The monoisotopic (exact) mass is 393 g/mol. The summed E-state index contributed by atoms with van der Waals surface area (Å²) >= 11 is 1.84. The molecule has 0 saturated carbocycles. The molecule has 2 heterocycles. The summed E-state index contributed by atoms with van der Waals surface area (Å²) in [5, 5.41) is 11.7. The van der Waals surface area contributed by atoms with E-state index in [1.54, 1.807) is 0 Å². The van der Waals surface area contributed by atoms with Gasteiger partial charge < -0.3 is 16.0 Å². The maximum absolute atomic E-state index is 11.7. The Labute approximate surface area is 167 Å². The van der Waals surface area contributed by atoms with Crippen molar-refractivity contribution < 1.29 is 4.79 Å². The molecule has 1 aliphatic heterocycles. The number of carbonyl (C=O) groups excluding carboxylic acids is 1. The van der Waals surface area contributed by atoms with Gasteiger partial charge in [-0.05, 0) is 57.1 Å². The van der Waals surface area contributed by atoms with Gasteiger partial charge in [0.05, 0.1) is 0 Å². The number of hydrogen-bond acceptors (Lipinski definition) is 4. The van der Waals surface area contributed by atoms with Gasteiger partial charge in [-0.1, -0.05) is 13.0 Å². The molecular formula is C20H35N5OS. The van der Waals surface area contributed by atoms with Gasteiger partial charge in [0.2, 0.25) is 5.91 Å². The lowest BCUT2D eigenvalue weighted by Gasteiger charge is -2.38. The maximum atomic E-state index is 11.7. The molecule has 2 rings (SSSR count). The number of guanidine groups is 1. The minimum absolute atomic E-state index is 0.0897. The Kier molecular flexibility index (Phi) is 9.62. The molecule has 0 bridgehead atoms. The van der Waals surface area contributed by atoms with E-state index in [0.29, 0.717) is 24.9 Å². The molecule has 0 radical (unpaired) electrons. The van der Waals surface area contributed by atoms with Crippen LogP contribution < -0.4 is 16.0 Å². The fraction of sp³-hybridized carbons (Fsp3) is 0.700. The molecule has 2 unspecified atom stereocenters. The first-order chi connectivity index (χ1) is 13.2. The summed E-state index contributed by atoms with van der Waals surface area (Å²) in [5.74, 6) is 1.41. The van der Waals surface area contributed by atoms with Gasteiger partial charge in [-0.3, -0.25) is 14.7 Å². The second kappa shape index (κ2) is 12.0. The zero-order valence-corrected chi connectivity index (χ0v) is 17.8. The summed E-state index contributed by atoms with van der Waals surface area (Å²) < 4.78 is 0. The largest absolute Gasteiger partial charge is 0.357 e. The fourth-order valence-electron chi connectivity index (χ4n) is 3.56. The van der Waals surface area contributed by atoms with E-state index in [1.165, 1.54) is 17.7 Å². The highest BCUT2D eigenvalue weighted by atomic mass is 32.1. The molecule has 7 heteroatoms. The Hall–Kier alpha value is -1.60. The number of nitrogens with one attached hydrogen (secondary N) is 3. The van der Waals surface area contributed by atoms with Crippen LogP contribution in [0, 0.1) is 5.92 Å². The van der Waals surface area contributed by atoms with Gasteiger partial charge in [0.15, 0.2) is 5.96 Å². The van der Waals surface area contributed by atoms with Crippen LogP contribution in [0.3, 0.4) is 0 Å². The molecule has 27 heavy (non-hydrogen) atoms. The van der Waals surface area contributed by atoms with E-state index in [2.05, 4.69) is 59.3 Å². The van der Waals surface area contributed by atoms with Crippen molar-refractivity contribution in [3.63, 3.8) is 0 Å². The molecule has 0 aliphatic carbocycles. The summed E-state index contributed by atoms with van der Waals surface area (Å²) in [4.78, 5) is 20.5. The summed E-state index contributed by atoms with van der Waals surface area (Å²) in [6, 6.07) is 4.83. The third-order valence-corrected chi connectivity index (χ3v) is 5.83. The van der Waals surface area contributed by atoms with Gasteiger partial charge in [-0.2, -0.15) is 0 Å². The SMILES string of the molecule is CCCNC(=O)CCNC(=NCC1CCCN(C)C1c1cccs1)NCC. The quantitative estimate of drug-likeness (QED) is 0.446. The summed E-state index contributed by atoms with van der Waals surface area (Å²) in [5.41, 5.74) is 0. The van der Waals surface area contributed by atoms with Crippen LogP contribution in [0.25, 0.3) is 0 Å². The maximum Gasteiger partial charge on any atom is 0.221 e. The number of amides is 1. The van der Waals surface area contributed by atoms with Crippen LogP contribution in [0.15, 0.2) is 22.5 Å². The summed E-state index contributed by atoms with van der Waals surface area (Å²) in [6.45, 7) is 8.21. The smallest absolute Gasteiger partial charge is 0.221 e. The Morgan fingerprint density at radius 1 is 1.30 bits per heavy atom. The van der Waals surface area contributed by atoms with Crippen LogP contribution in [0.5, 0.6) is 0 Å². The number of hydrogen-bond donors (Lipinski definition) is 3. The highest BCUT2D eigenvalue weighted by Crippen LogP contribution is 2.37. The Balaban J connectivity index is 1.90. The molecule has 1 aliphatic rings. The third-order valence-electron chi connectivity index (χ3n) is 4.89. The molecule has 2 atom stereocenters. The lowest BCUT2D eigenvalue weighted by atomic mass is 9.88. The van der Waals surface area contributed by atoms with Crippen LogP contribution in [0.2, 0.25) is 0 Å². The molecule has 1 aromatic rings. The van der Waals surface area contributed by atoms with Gasteiger partial charge in [0.1, 0.15) is 0 Å². The summed E-state index contributed by atoms with van der Waals surface area (Å²) in [6.07, 6.45) is 3.86. The minimum Gasteiger partial charge on any atom is -0.357 e. The van der Waals surface area contributed by atoms with E-state index >= 15 is 0 Å². The molecule has 1 saturated heterocycles. The van der Waals surface area contributed by atoms with E-state index in [4.69, 9.17) is 4.99 Å². The van der Waals surface area contributed by atoms with Gasteiger partial charge in [-0.25, -0.2) is 0 Å². The third kappa shape index (κ3) is 7.14. The second-order valence-electron chi connectivity index (χ2n) is 7.09. The Morgan fingerprint density at radius 3 is 2.85 bits per heavy atom. The number of likely N-dealkylation sites (tertiary alicyclic amines) is 1. The van der Waals surface area contributed by atoms with Crippen molar-refractivity contribution in [2.75, 3.05) is 39.8 Å². The van der Waals surface area contributed by atoms with Gasteiger partial charge >= 0.3 is 0 Å². The number of piperidine rings is 1. The van der Waals surface area contributed by atoms with Crippen LogP contribution >= 0.6 is 11.3 Å². The normalized spacial score (nSPS) is 21.1. The van der Waals surface area contributed by atoms with Crippen molar-refractivity contribution >= 4 is 23.2 Å². The fourth-order valence-corrected chi connectivity index (χ4v) is 4.54. The average molecular weight is 394 g/mol. The zero-order valence-electron chi connectivity index (χ0n) is 17.0. The minimum atomic E-state index is 0.0897. The molecular weight excluding hydrogens is 358 g/mol. The molecule has 152 valence electrons. The lowest BCUT2D eigenvalue weighted by molar-refractivity contribution is -0.120. The van der Waals surface area contributed by atoms with E-state index < -0.39 is 0 Å². The van der Waals surface area contributed by atoms with Crippen LogP contribution in [-0.2, 0) is 4.79 Å². The number of nitrogens with zero attached hydrogens (tertiary/aromatic N) is 2. The van der Waals surface area contributed by atoms with Crippen molar-refractivity contribution in [1.29, 1.82) is 0 Å². The topological polar surface area (TPSA) is 68.8 Å². The first kappa shape index (κ1) is 21.7. The van der Waals surface area contributed by atoms with Crippen LogP contribution in [-0.4, -0.2) is 56.5 Å². The predicted octanol–water partition coefficient (Wildman–Crippen LogP) is 2.60. The molecule has 1 aromatic heterocycles. The second-order valence-corrected chi connectivity index (χ2v) is 8.07. The molecule has 3 N–H and O–H groups in total. The van der Waals surface area contributed by atoms with E-state index in [-0.39, 0.29) is 5.91 Å². The first-order valence-electron chi connectivity index (χ1n) is 10.2. The number of rotatable bonds is 9. The Bertz CT molecular complexity index is 575. The number of carbonyl (C=O) groups is 1. The average Bonchev–Trinajstić information content (AvgIpc) is 3.18. The van der Waals surface area contributed by atoms with Crippen molar-refractivity contribution in [1.82, 2.24) is 20.9 Å². The van der Waals surface area contributed by atoms with Gasteiger partial charge in [-0.15, -0.1) is 11.3 Å². The molecule has 1 amide bonds. The number of thiophene rings is 1. The van der Waals surface area contributed by atoms with E-state index in [1.807, 2.05) is 11.3 Å². The van der Waals surface area contributed by atoms with Crippen molar-refractivity contribution in [2.24, 2.45) is 10.9 Å². The highest BCUT2D eigenvalue weighted by Gasteiger charge is 2.31.